The lowest BCUT2D eigenvalue weighted by Crippen LogP contribution is -2.35. The molecule has 1 saturated heterocycles. The molecule has 1 atom stereocenters. The van der Waals surface area contributed by atoms with Crippen molar-refractivity contribution < 1.29 is 4.79 Å². The van der Waals surface area contributed by atoms with E-state index in [4.69, 9.17) is 0 Å². The molecular weight excluding hydrogens is 274 g/mol. The van der Waals surface area contributed by atoms with Crippen LogP contribution in [0, 0.1) is 12.8 Å². The predicted molar refractivity (Wildman–Crippen MR) is 90.1 cm³/mol. The Morgan fingerprint density at radius 3 is 2.64 bits per heavy atom. The molecule has 1 aromatic carbocycles. The van der Waals surface area contributed by atoms with Crippen LogP contribution in [0.4, 0.5) is 10.5 Å². The van der Waals surface area contributed by atoms with Gasteiger partial charge in [-0.1, -0.05) is 30.5 Å². The molecule has 22 heavy (non-hydrogen) atoms. The molecule has 0 aromatic heterocycles. The summed E-state index contributed by atoms with van der Waals surface area (Å²) in [5.41, 5.74) is 2.05. The maximum absolute atomic E-state index is 12.0. The number of amides is 2. The zero-order valence-electron chi connectivity index (χ0n) is 13.5. The van der Waals surface area contributed by atoms with Crippen molar-refractivity contribution in [3.8, 4) is 0 Å². The fourth-order valence-corrected chi connectivity index (χ4v) is 3.68. The van der Waals surface area contributed by atoms with Crippen molar-refractivity contribution in [3.05, 3.63) is 29.8 Å². The molecular formula is C18H27N3O. The quantitative estimate of drug-likeness (QED) is 0.895. The highest BCUT2D eigenvalue weighted by atomic mass is 16.2. The standard InChI is InChI=1S/C18H27N3O/c1-14-6-8-16(9-7-14)20-18(22)19-12-15-10-11-21(13-15)17-4-2-3-5-17/h6-9,15,17H,2-5,10-13H2,1H3,(H2,19,20,22). The molecule has 4 nitrogen and oxygen atoms in total. The molecule has 1 heterocycles. The summed E-state index contributed by atoms with van der Waals surface area (Å²) in [6.45, 7) is 5.17. The van der Waals surface area contributed by atoms with Gasteiger partial charge in [-0.05, 0) is 50.8 Å². The van der Waals surface area contributed by atoms with Gasteiger partial charge >= 0.3 is 6.03 Å². The monoisotopic (exact) mass is 301 g/mol. The Morgan fingerprint density at radius 1 is 1.18 bits per heavy atom. The van der Waals surface area contributed by atoms with Crippen molar-refractivity contribution in [2.45, 2.75) is 45.1 Å². The molecule has 3 rings (SSSR count). The number of hydrogen-bond acceptors (Lipinski definition) is 2. The normalized spacial score (nSPS) is 22.9. The van der Waals surface area contributed by atoms with Crippen molar-refractivity contribution >= 4 is 11.7 Å². The molecule has 2 aliphatic rings. The average Bonchev–Trinajstić information content (AvgIpc) is 3.18. The third kappa shape index (κ3) is 4.01. The number of nitrogens with zero attached hydrogens (tertiary/aromatic N) is 1. The lowest BCUT2D eigenvalue weighted by atomic mass is 10.1. The van der Waals surface area contributed by atoms with Crippen molar-refractivity contribution in [2.75, 3.05) is 25.0 Å². The molecule has 2 amide bonds. The fraction of sp³-hybridized carbons (Fsp3) is 0.611. The number of nitrogens with one attached hydrogen (secondary N) is 2. The van der Waals surface area contributed by atoms with Crippen LogP contribution in [0.5, 0.6) is 0 Å². The Balaban J connectivity index is 1.39. The van der Waals surface area contributed by atoms with Crippen LogP contribution in [0.3, 0.4) is 0 Å². The molecule has 2 N–H and O–H groups in total. The predicted octanol–water partition coefficient (Wildman–Crippen LogP) is 3.38. The van der Waals surface area contributed by atoms with Crippen LogP contribution in [0.25, 0.3) is 0 Å². The zero-order valence-corrected chi connectivity index (χ0v) is 13.5. The second-order valence-corrected chi connectivity index (χ2v) is 6.79. The summed E-state index contributed by atoms with van der Waals surface area (Å²) in [7, 11) is 0. The van der Waals surface area contributed by atoms with E-state index < -0.39 is 0 Å². The summed E-state index contributed by atoms with van der Waals surface area (Å²) in [4.78, 5) is 14.6. The van der Waals surface area contributed by atoms with Gasteiger partial charge in [-0.2, -0.15) is 0 Å². The molecule has 2 fully saturated rings. The van der Waals surface area contributed by atoms with E-state index in [1.165, 1.54) is 44.2 Å². The summed E-state index contributed by atoms with van der Waals surface area (Å²) in [5.74, 6) is 0.601. The molecule has 0 spiro atoms. The zero-order chi connectivity index (χ0) is 15.4. The number of aryl methyl sites for hydroxylation is 1. The van der Waals surface area contributed by atoms with E-state index >= 15 is 0 Å². The van der Waals surface area contributed by atoms with Gasteiger partial charge in [0.25, 0.3) is 0 Å². The van der Waals surface area contributed by atoms with E-state index in [1.54, 1.807) is 0 Å². The molecule has 0 bridgehead atoms. The van der Waals surface area contributed by atoms with Gasteiger partial charge in [0.05, 0.1) is 0 Å². The largest absolute Gasteiger partial charge is 0.338 e. The maximum Gasteiger partial charge on any atom is 0.319 e. The van der Waals surface area contributed by atoms with Crippen LogP contribution >= 0.6 is 0 Å². The molecule has 0 radical (unpaired) electrons. The van der Waals surface area contributed by atoms with Crippen LogP contribution in [-0.2, 0) is 0 Å². The van der Waals surface area contributed by atoms with Gasteiger partial charge in [0.1, 0.15) is 0 Å². The first-order chi connectivity index (χ1) is 10.7. The highest BCUT2D eigenvalue weighted by Gasteiger charge is 2.29. The molecule has 1 unspecified atom stereocenters. The third-order valence-electron chi connectivity index (χ3n) is 5.02. The van der Waals surface area contributed by atoms with Crippen LogP contribution in [0.2, 0.25) is 0 Å². The van der Waals surface area contributed by atoms with Crippen LogP contribution in [0.1, 0.15) is 37.7 Å². The van der Waals surface area contributed by atoms with Gasteiger partial charge in [0.15, 0.2) is 0 Å². The van der Waals surface area contributed by atoms with Crippen LogP contribution in [0.15, 0.2) is 24.3 Å². The minimum absolute atomic E-state index is 0.0943. The van der Waals surface area contributed by atoms with Gasteiger partial charge in [-0.15, -0.1) is 0 Å². The van der Waals surface area contributed by atoms with Crippen LogP contribution < -0.4 is 10.6 Å². The second-order valence-electron chi connectivity index (χ2n) is 6.79. The van der Waals surface area contributed by atoms with Crippen molar-refractivity contribution in [3.63, 3.8) is 0 Å². The maximum atomic E-state index is 12.0. The minimum atomic E-state index is -0.0943. The number of likely N-dealkylation sites (tertiary alicyclic amines) is 1. The van der Waals surface area contributed by atoms with E-state index in [9.17, 15) is 4.79 Å². The number of rotatable bonds is 4. The summed E-state index contributed by atoms with van der Waals surface area (Å²) in [5, 5.41) is 5.92. The van der Waals surface area contributed by atoms with E-state index in [2.05, 4.69) is 15.5 Å². The average molecular weight is 301 g/mol. The summed E-state index contributed by atoms with van der Waals surface area (Å²) >= 11 is 0. The summed E-state index contributed by atoms with van der Waals surface area (Å²) < 4.78 is 0. The number of urea groups is 1. The number of hydrogen-bond donors (Lipinski definition) is 2. The highest BCUT2D eigenvalue weighted by molar-refractivity contribution is 5.89. The molecule has 120 valence electrons. The molecule has 1 aromatic rings. The van der Waals surface area contributed by atoms with Gasteiger partial charge in [0, 0.05) is 24.8 Å². The first-order valence-corrected chi connectivity index (χ1v) is 8.56. The molecule has 1 aliphatic carbocycles. The van der Waals surface area contributed by atoms with E-state index in [1.807, 2.05) is 31.2 Å². The Morgan fingerprint density at radius 2 is 1.91 bits per heavy atom. The van der Waals surface area contributed by atoms with Crippen molar-refractivity contribution in [2.24, 2.45) is 5.92 Å². The topological polar surface area (TPSA) is 44.4 Å². The second kappa shape index (κ2) is 7.14. The van der Waals surface area contributed by atoms with Gasteiger partial charge in [0.2, 0.25) is 0 Å². The molecule has 4 heteroatoms. The van der Waals surface area contributed by atoms with E-state index in [0.29, 0.717) is 5.92 Å². The minimum Gasteiger partial charge on any atom is -0.338 e. The number of anilines is 1. The molecule has 1 aliphatic heterocycles. The fourth-order valence-electron chi connectivity index (χ4n) is 3.68. The van der Waals surface area contributed by atoms with E-state index in [-0.39, 0.29) is 6.03 Å². The van der Waals surface area contributed by atoms with E-state index in [0.717, 1.165) is 24.8 Å². The first kappa shape index (κ1) is 15.3. The van der Waals surface area contributed by atoms with Gasteiger partial charge < -0.3 is 15.5 Å². The number of carbonyl (C=O) groups is 1. The Labute approximate surface area is 133 Å². The Hall–Kier alpha value is -1.55. The lowest BCUT2D eigenvalue weighted by Gasteiger charge is -2.23. The first-order valence-electron chi connectivity index (χ1n) is 8.56. The SMILES string of the molecule is Cc1ccc(NC(=O)NCC2CCN(C3CCCC3)C2)cc1. The molecule has 1 saturated carbocycles. The smallest absolute Gasteiger partial charge is 0.319 e. The Kier molecular flexibility index (Phi) is 4.98. The lowest BCUT2D eigenvalue weighted by molar-refractivity contribution is 0.234. The summed E-state index contributed by atoms with van der Waals surface area (Å²) in [6.07, 6.45) is 6.73. The number of carbonyl (C=O) groups excluding carboxylic acids is 1. The highest BCUT2D eigenvalue weighted by Crippen LogP contribution is 2.28. The van der Waals surface area contributed by atoms with Crippen LogP contribution in [-0.4, -0.2) is 36.6 Å². The number of benzene rings is 1. The van der Waals surface area contributed by atoms with Gasteiger partial charge in [-0.25, -0.2) is 4.79 Å². The van der Waals surface area contributed by atoms with Crippen molar-refractivity contribution in [1.82, 2.24) is 10.2 Å². The third-order valence-corrected chi connectivity index (χ3v) is 5.02. The summed E-state index contributed by atoms with van der Waals surface area (Å²) in [6, 6.07) is 8.60. The Bertz CT molecular complexity index is 494. The van der Waals surface area contributed by atoms with Crippen molar-refractivity contribution in [1.29, 1.82) is 0 Å². The van der Waals surface area contributed by atoms with Gasteiger partial charge in [-0.3, -0.25) is 0 Å².